The van der Waals surface area contributed by atoms with Crippen molar-refractivity contribution in [2.75, 3.05) is 0 Å². The second kappa shape index (κ2) is 5.47. The van der Waals surface area contributed by atoms with Gasteiger partial charge in [0.15, 0.2) is 0 Å². The fraction of sp³-hybridized carbons (Fsp3) is 0.200. The van der Waals surface area contributed by atoms with Gasteiger partial charge in [0, 0.05) is 18.8 Å². The van der Waals surface area contributed by atoms with Gasteiger partial charge in [0.05, 0.1) is 15.9 Å². The third kappa shape index (κ3) is 2.80. The van der Waals surface area contributed by atoms with Gasteiger partial charge in [0.25, 0.3) is 0 Å². The Morgan fingerprint density at radius 3 is 2.79 bits per heavy atom. The topological polar surface area (TPSA) is 37.8 Å². The summed E-state index contributed by atoms with van der Waals surface area (Å²) in [6.07, 6.45) is 1.82. The fourth-order valence-electron chi connectivity index (χ4n) is 1.97. The summed E-state index contributed by atoms with van der Waals surface area (Å²) in [6.45, 7) is 2.90. The first kappa shape index (κ1) is 12.3. The highest BCUT2D eigenvalue weighted by Gasteiger charge is 2.07. The van der Waals surface area contributed by atoms with Crippen molar-refractivity contribution in [1.29, 1.82) is 0 Å². The molecule has 3 nitrogen and oxygen atoms in total. The van der Waals surface area contributed by atoms with Crippen molar-refractivity contribution in [3.8, 4) is 0 Å². The Hall–Kier alpha value is -1.78. The molecule has 0 saturated heterocycles. The summed E-state index contributed by atoms with van der Waals surface area (Å²) in [5.41, 5.74) is 2.14. The number of pyridine rings is 1. The van der Waals surface area contributed by atoms with Crippen molar-refractivity contribution in [2.45, 2.75) is 19.5 Å². The largest absolute Gasteiger partial charge is 0.302 e. The number of hydrogen-bond donors (Lipinski definition) is 1. The molecule has 0 aliphatic heterocycles. The van der Waals surface area contributed by atoms with Crippen LogP contribution < -0.4 is 5.32 Å². The van der Waals surface area contributed by atoms with E-state index in [9.17, 15) is 0 Å². The quantitative estimate of drug-likeness (QED) is 0.787. The van der Waals surface area contributed by atoms with E-state index in [0.29, 0.717) is 0 Å². The first-order valence-electron chi connectivity index (χ1n) is 6.32. The van der Waals surface area contributed by atoms with Crippen LogP contribution in [0.5, 0.6) is 0 Å². The molecule has 96 valence electrons. The molecule has 1 atom stereocenters. The minimum absolute atomic E-state index is 0.230. The summed E-state index contributed by atoms with van der Waals surface area (Å²) in [5.74, 6) is 0. The van der Waals surface area contributed by atoms with Gasteiger partial charge >= 0.3 is 0 Å². The van der Waals surface area contributed by atoms with Crippen LogP contribution in [0.1, 0.15) is 23.7 Å². The first-order valence-corrected chi connectivity index (χ1v) is 7.13. The average molecular weight is 269 g/mol. The zero-order chi connectivity index (χ0) is 13.1. The van der Waals surface area contributed by atoms with E-state index >= 15 is 0 Å². The number of rotatable bonds is 4. The Morgan fingerprint density at radius 1 is 1.16 bits per heavy atom. The normalized spacial score (nSPS) is 12.7. The third-order valence-electron chi connectivity index (χ3n) is 3.03. The lowest BCUT2D eigenvalue weighted by atomic mass is 10.2. The Bertz CT molecular complexity index is 630. The smallest absolute Gasteiger partial charge is 0.108 e. The SMILES string of the molecule is C[C@H](NCc1nc2ccccc2s1)c1ccccn1. The van der Waals surface area contributed by atoms with Crippen LogP contribution in [0.3, 0.4) is 0 Å². The Kier molecular flexibility index (Phi) is 3.53. The molecule has 4 heteroatoms. The summed E-state index contributed by atoms with van der Waals surface area (Å²) in [6, 6.07) is 14.5. The van der Waals surface area contributed by atoms with E-state index in [2.05, 4.69) is 34.3 Å². The molecule has 0 aliphatic carbocycles. The van der Waals surface area contributed by atoms with Gasteiger partial charge in [-0.05, 0) is 31.2 Å². The van der Waals surface area contributed by atoms with Gasteiger partial charge < -0.3 is 5.32 Å². The van der Waals surface area contributed by atoms with E-state index in [-0.39, 0.29) is 6.04 Å². The number of nitrogens with zero attached hydrogens (tertiary/aromatic N) is 2. The standard InChI is InChI=1S/C15H15N3S/c1-11(12-6-4-5-9-16-12)17-10-15-18-13-7-2-3-8-14(13)19-15/h2-9,11,17H,10H2,1H3/t11-/m0/s1. The van der Waals surface area contributed by atoms with Crippen LogP contribution in [0.4, 0.5) is 0 Å². The van der Waals surface area contributed by atoms with Crippen LogP contribution in [0.2, 0.25) is 0 Å². The van der Waals surface area contributed by atoms with Crippen LogP contribution in [0.15, 0.2) is 48.7 Å². The maximum atomic E-state index is 4.61. The molecule has 2 heterocycles. The molecule has 0 spiro atoms. The summed E-state index contributed by atoms with van der Waals surface area (Å²) < 4.78 is 1.24. The second-order valence-corrected chi connectivity index (χ2v) is 5.55. The molecule has 2 aromatic heterocycles. The van der Waals surface area contributed by atoms with E-state index in [4.69, 9.17) is 0 Å². The van der Waals surface area contributed by atoms with E-state index in [1.165, 1.54) is 4.70 Å². The van der Waals surface area contributed by atoms with Gasteiger partial charge in [-0.15, -0.1) is 11.3 Å². The minimum Gasteiger partial charge on any atom is -0.302 e. The van der Waals surface area contributed by atoms with Crippen molar-refractivity contribution >= 4 is 21.6 Å². The van der Waals surface area contributed by atoms with E-state index < -0.39 is 0 Å². The number of benzene rings is 1. The lowest BCUT2D eigenvalue weighted by molar-refractivity contribution is 0.560. The van der Waals surface area contributed by atoms with Crippen molar-refractivity contribution in [3.63, 3.8) is 0 Å². The number of para-hydroxylation sites is 1. The molecule has 0 aliphatic rings. The third-order valence-corrected chi connectivity index (χ3v) is 4.07. The highest BCUT2D eigenvalue weighted by atomic mass is 32.1. The summed E-state index contributed by atoms with van der Waals surface area (Å²) in [7, 11) is 0. The summed E-state index contributed by atoms with van der Waals surface area (Å²) in [4.78, 5) is 8.97. The number of nitrogens with one attached hydrogen (secondary N) is 1. The highest BCUT2D eigenvalue weighted by molar-refractivity contribution is 7.18. The van der Waals surface area contributed by atoms with Gasteiger partial charge in [-0.2, -0.15) is 0 Å². The number of hydrogen-bond acceptors (Lipinski definition) is 4. The molecule has 0 unspecified atom stereocenters. The number of aromatic nitrogens is 2. The van der Waals surface area contributed by atoms with Gasteiger partial charge in [0.2, 0.25) is 0 Å². The van der Waals surface area contributed by atoms with Crippen LogP contribution in [-0.4, -0.2) is 9.97 Å². The summed E-state index contributed by atoms with van der Waals surface area (Å²) in [5, 5.41) is 4.58. The molecular weight excluding hydrogens is 254 g/mol. The molecule has 0 saturated carbocycles. The zero-order valence-electron chi connectivity index (χ0n) is 10.7. The minimum atomic E-state index is 0.230. The predicted octanol–water partition coefficient (Wildman–Crippen LogP) is 3.54. The molecule has 3 aromatic rings. The van der Waals surface area contributed by atoms with Gasteiger partial charge in [-0.3, -0.25) is 4.98 Å². The number of fused-ring (bicyclic) bond motifs is 1. The van der Waals surface area contributed by atoms with E-state index in [1.807, 2.05) is 36.5 Å². The molecule has 0 bridgehead atoms. The maximum Gasteiger partial charge on any atom is 0.108 e. The fourth-order valence-corrected chi connectivity index (χ4v) is 2.89. The van der Waals surface area contributed by atoms with Crippen molar-refractivity contribution in [3.05, 3.63) is 59.4 Å². The Balaban J connectivity index is 1.69. The Labute approximate surface area is 116 Å². The van der Waals surface area contributed by atoms with Crippen molar-refractivity contribution < 1.29 is 0 Å². The van der Waals surface area contributed by atoms with Crippen LogP contribution in [-0.2, 0) is 6.54 Å². The molecule has 19 heavy (non-hydrogen) atoms. The molecule has 0 fully saturated rings. The van der Waals surface area contributed by atoms with E-state index in [0.717, 1.165) is 22.8 Å². The van der Waals surface area contributed by atoms with Crippen LogP contribution >= 0.6 is 11.3 Å². The molecule has 3 rings (SSSR count). The van der Waals surface area contributed by atoms with Gasteiger partial charge in [-0.25, -0.2) is 4.98 Å². The average Bonchev–Trinajstić information content (AvgIpc) is 2.88. The second-order valence-electron chi connectivity index (χ2n) is 4.43. The van der Waals surface area contributed by atoms with Gasteiger partial charge in [-0.1, -0.05) is 18.2 Å². The molecular formula is C15H15N3S. The lowest BCUT2D eigenvalue weighted by Crippen LogP contribution is -2.18. The zero-order valence-corrected chi connectivity index (χ0v) is 11.5. The lowest BCUT2D eigenvalue weighted by Gasteiger charge is -2.11. The number of thiazole rings is 1. The maximum absolute atomic E-state index is 4.61. The van der Waals surface area contributed by atoms with Crippen LogP contribution in [0.25, 0.3) is 10.2 Å². The van der Waals surface area contributed by atoms with Crippen LogP contribution in [0, 0.1) is 0 Å². The highest BCUT2D eigenvalue weighted by Crippen LogP contribution is 2.21. The van der Waals surface area contributed by atoms with Crippen molar-refractivity contribution in [2.24, 2.45) is 0 Å². The monoisotopic (exact) mass is 269 g/mol. The molecule has 0 amide bonds. The first-order chi connectivity index (χ1) is 9.33. The summed E-state index contributed by atoms with van der Waals surface area (Å²) >= 11 is 1.74. The van der Waals surface area contributed by atoms with Crippen molar-refractivity contribution in [1.82, 2.24) is 15.3 Å². The molecule has 1 aromatic carbocycles. The predicted molar refractivity (Wildman–Crippen MR) is 79.1 cm³/mol. The van der Waals surface area contributed by atoms with E-state index in [1.54, 1.807) is 11.3 Å². The molecule has 0 radical (unpaired) electrons. The Morgan fingerprint density at radius 2 is 2.00 bits per heavy atom. The molecule has 1 N–H and O–H groups in total. The van der Waals surface area contributed by atoms with Gasteiger partial charge in [0.1, 0.15) is 5.01 Å².